The molecule has 0 fully saturated rings. The fraction of sp³-hybridized carbons (Fsp3) is 0.600. The third kappa shape index (κ3) is 7.47. The van der Waals surface area contributed by atoms with Crippen molar-refractivity contribution in [3.63, 3.8) is 0 Å². The summed E-state index contributed by atoms with van der Waals surface area (Å²) in [7, 11) is 0. The van der Waals surface area contributed by atoms with E-state index in [-0.39, 0.29) is 6.61 Å². The summed E-state index contributed by atoms with van der Waals surface area (Å²) >= 11 is 0. The average molecular weight is 288 g/mol. The fourth-order valence-electron chi connectivity index (χ4n) is 2.76. The molecule has 1 N–H and O–H groups in total. The Kier molecular flexibility index (Phi) is 8.37. The molecule has 0 radical (unpaired) electrons. The van der Waals surface area contributed by atoms with Crippen molar-refractivity contribution in [1.29, 1.82) is 0 Å². The molecule has 0 heterocycles. The molecule has 0 bridgehead atoms. The summed E-state index contributed by atoms with van der Waals surface area (Å²) in [5, 5.41) is 9.38. The maximum Gasteiger partial charge on any atom is 0.0641 e. The Hall–Kier alpha value is -1.08. The smallest absolute Gasteiger partial charge is 0.0641 e. The molecule has 0 aromatic heterocycles. The molecule has 0 aliphatic heterocycles. The van der Waals surface area contributed by atoms with Crippen LogP contribution >= 0.6 is 0 Å². The Morgan fingerprint density at radius 2 is 1.52 bits per heavy atom. The topological polar surface area (TPSA) is 20.2 Å². The van der Waals surface area contributed by atoms with E-state index in [0.29, 0.717) is 5.92 Å². The van der Waals surface area contributed by atoms with Gasteiger partial charge in [0, 0.05) is 0 Å². The Morgan fingerprint density at radius 1 is 1.00 bits per heavy atom. The van der Waals surface area contributed by atoms with Crippen LogP contribution in [0.1, 0.15) is 65.7 Å². The zero-order chi connectivity index (χ0) is 15.7. The monoisotopic (exact) mass is 288 g/mol. The van der Waals surface area contributed by atoms with Crippen molar-refractivity contribution in [2.75, 3.05) is 6.61 Å². The minimum atomic E-state index is 0.113. The maximum atomic E-state index is 9.38. The lowest BCUT2D eigenvalue weighted by Gasteiger charge is -2.17. The van der Waals surface area contributed by atoms with Crippen molar-refractivity contribution >= 4 is 0 Å². The highest BCUT2D eigenvalue weighted by Crippen LogP contribution is 2.24. The number of hydrogen-bond acceptors (Lipinski definition) is 1. The first-order valence-electron chi connectivity index (χ1n) is 8.28. The fourth-order valence-corrected chi connectivity index (χ4v) is 2.76. The van der Waals surface area contributed by atoms with Crippen LogP contribution in [0.5, 0.6) is 0 Å². The Labute approximate surface area is 131 Å². The molecule has 1 atom stereocenters. The van der Waals surface area contributed by atoms with E-state index in [9.17, 15) is 5.11 Å². The molecule has 0 saturated carbocycles. The van der Waals surface area contributed by atoms with Crippen LogP contribution < -0.4 is 0 Å². The van der Waals surface area contributed by atoms with Gasteiger partial charge in [0.25, 0.3) is 0 Å². The van der Waals surface area contributed by atoms with E-state index < -0.39 is 0 Å². The van der Waals surface area contributed by atoms with E-state index in [1.807, 2.05) is 0 Å². The molecule has 0 amide bonds. The Bertz CT molecular complexity index is 423. The van der Waals surface area contributed by atoms with Gasteiger partial charge in [0.05, 0.1) is 6.61 Å². The van der Waals surface area contributed by atoms with Crippen LogP contribution in [0, 0.1) is 5.92 Å². The first kappa shape index (κ1) is 18.0. The normalized spacial score (nSPS) is 22.7. The summed E-state index contributed by atoms with van der Waals surface area (Å²) in [6.45, 7) is 10.9. The van der Waals surface area contributed by atoms with Crippen LogP contribution in [0.15, 0.2) is 47.1 Å². The van der Waals surface area contributed by atoms with Crippen LogP contribution in [0.3, 0.4) is 0 Å². The van der Waals surface area contributed by atoms with Gasteiger partial charge in [-0.1, -0.05) is 41.5 Å². The van der Waals surface area contributed by atoms with Crippen LogP contribution in [-0.2, 0) is 0 Å². The third-order valence-corrected chi connectivity index (χ3v) is 4.48. The van der Waals surface area contributed by atoms with Crippen molar-refractivity contribution < 1.29 is 5.11 Å². The quantitative estimate of drug-likeness (QED) is 0.643. The Morgan fingerprint density at radius 3 is 2.10 bits per heavy atom. The van der Waals surface area contributed by atoms with E-state index in [1.165, 1.54) is 23.1 Å². The number of aliphatic hydroxyl groups excluding tert-OH is 1. The first-order chi connectivity index (χ1) is 10.0. The number of allylic oxidation sites excluding steroid dienone is 6. The molecule has 1 aliphatic carbocycles. The summed E-state index contributed by atoms with van der Waals surface area (Å²) in [4.78, 5) is 0. The van der Waals surface area contributed by atoms with Crippen molar-refractivity contribution in [3.05, 3.63) is 47.1 Å². The van der Waals surface area contributed by atoms with Gasteiger partial charge >= 0.3 is 0 Å². The molecular formula is C20H32O. The average Bonchev–Trinajstić information content (AvgIpc) is 2.45. The molecule has 0 aromatic rings. The van der Waals surface area contributed by atoms with E-state index in [4.69, 9.17) is 0 Å². The van der Waals surface area contributed by atoms with Gasteiger partial charge in [-0.25, -0.2) is 0 Å². The van der Waals surface area contributed by atoms with Crippen LogP contribution in [-0.4, -0.2) is 11.7 Å². The van der Waals surface area contributed by atoms with Crippen LogP contribution in [0.2, 0.25) is 0 Å². The molecule has 1 aliphatic rings. The van der Waals surface area contributed by atoms with E-state index in [2.05, 4.69) is 45.6 Å². The van der Waals surface area contributed by atoms with E-state index >= 15 is 0 Å². The van der Waals surface area contributed by atoms with Crippen molar-refractivity contribution in [2.45, 2.75) is 65.7 Å². The minimum absolute atomic E-state index is 0.113. The van der Waals surface area contributed by atoms with Gasteiger partial charge < -0.3 is 5.11 Å². The SMILES string of the molecule is C=C(CO)C1CC=C(C)CCC=C(C)CCC=C(C)CC1. The molecule has 118 valence electrons. The predicted octanol–water partition coefficient (Wildman–Crippen LogP) is 5.73. The van der Waals surface area contributed by atoms with Gasteiger partial charge in [0.1, 0.15) is 0 Å². The summed E-state index contributed by atoms with van der Waals surface area (Å²) in [5.41, 5.74) is 5.42. The second-order valence-electron chi connectivity index (χ2n) is 6.52. The summed E-state index contributed by atoms with van der Waals surface area (Å²) in [5.74, 6) is 0.411. The molecule has 0 aromatic carbocycles. The predicted molar refractivity (Wildman–Crippen MR) is 93.3 cm³/mol. The summed E-state index contributed by atoms with van der Waals surface area (Å²) in [6, 6.07) is 0. The van der Waals surface area contributed by atoms with Gasteiger partial charge in [0.15, 0.2) is 0 Å². The van der Waals surface area contributed by atoms with Gasteiger partial charge in [0.2, 0.25) is 0 Å². The Balaban J connectivity index is 2.80. The highest BCUT2D eigenvalue weighted by atomic mass is 16.3. The molecule has 1 heteroatoms. The van der Waals surface area contributed by atoms with Gasteiger partial charge in [-0.3, -0.25) is 0 Å². The minimum Gasteiger partial charge on any atom is -0.392 e. The third-order valence-electron chi connectivity index (χ3n) is 4.48. The second kappa shape index (κ2) is 9.78. The molecule has 1 rings (SSSR count). The highest BCUT2D eigenvalue weighted by molar-refractivity contribution is 5.11. The van der Waals surface area contributed by atoms with Gasteiger partial charge in [-0.2, -0.15) is 0 Å². The van der Waals surface area contributed by atoms with E-state index in [1.54, 1.807) is 0 Å². The zero-order valence-corrected chi connectivity index (χ0v) is 14.1. The molecule has 1 nitrogen and oxygen atoms in total. The van der Waals surface area contributed by atoms with E-state index in [0.717, 1.165) is 44.1 Å². The maximum absolute atomic E-state index is 9.38. The molecule has 0 saturated heterocycles. The van der Waals surface area contributed by atoms with Crippen molar-refractivity contribution in [2.24, 2.45) is 5.92 Å². The number of rotatable bonds is 2. The second-order valence-corrected chi connectivity index (χ2v) is 6.52. The van der Waals surface area contributed by atoms with Crippen LogP contribution in [0.4, 0.5) is 0 Å². The number of hydrogen-bond donors (Lipinski definition) is 1. The lowest BCUT2D eigenvalue weighted by Crippen LogP contribution is -2.07. The lowest BCUT2D eigenvalue weighted by atomic mass is 9.89. The molecular weight excluding hydrogens is 256 g/mol. The molecule has 21 heavy (non-hydrogen) atoms. The van der Waals surface area contributed by atoms with Crippen molar-refractivity contribution in [3.8, 4) is 0 Å². The zero-order valence-electron chi connectivity index (χ0n) is 14.1. The first-order valence-corrected chi connectivity index (χ1v) is 8.28. The highest BCUT2D eigenvalue weighted by Gasteiger charge is 2.11. The molecule has 1 unspecified atom stereocenters. The molecule has 0 spiro atoms. The van der Waals surface area contributed by atoms with Crippen molar-refractivity contribution in [1.82, 2.24) is 0 Å². The van der Waals surface area contributed by atoms with Crippen LogP contribution in [0.25, 0.3) is 0 Å². The van der Waals surface area contributed by atoms with Gasteiger partial charge in [-0.05, 0) is 77.2 Å². The standard InChI is InChI=1S/C20H32O/c1-16-7-5-9-17(2)11-13-20(19(4)15-21)14-12-18(3)10-6-8-16/h7,10-11,20-21H,4-6,8-9,12-15H2,1-3H3. The summed E-state index contributed by atoms with van der Waals surface area (Å²) in [6.07, 6.45) is 14.9. The summed E-state index contributed by atoms with van der Waals surface area (Å²) < 4.78 is 0. The van der Waals surface area contributed by atoms with Gasteiger partial charge in [-0.15, -0.1) is 0 Å². The lowest BCUT2D eigenvalue weighted by molar-refractivity contribution is 0.311. The number of aliphatic hydroxyl groups is 1. The largest absolute Gasteiger partial charge is 0.392 e.